The van der Waals surface area contributed by atoms with Crippen molar-refractivity contribution in [1.29, 1.82) is 0 Å². The summed E-state index contributed by atoms with van der Waals surface area (Å²) < 4.78 is 5.91. The smallest absolute Gasteiger partial charge is 0.297 e. The fraction of sp³-hybridized carbons (Fsp3) is 0.0909. The molecule has 5 rings (SSSR count). The summed E-state index contributed by atoms with van der Waals surface area (Å²) in [7, 11) is 0. The highest BCUT2D eigenvalue weighted by atomic mass is 35.5. The van der Waals surface area contributed by atoms with Crippen molar-refractivity contribution in [3.8, 4) is 0 Å². The molecule has 1 amide bonds. The van der Waals surface area contributed by atoms with Crippen LogP contribution in [0.3, 0.4) is 0 Å². The first-order valence-corrected chi connectivity index (χ1v) is 9.36. The van der Waals surface area contributed by atoms with Crippen LogP contribution >= 0.6 is 11.6 Å². The van der Waals surface area contributed by atoms with Crippen LogP contribution in [0.25, 0.3) is 11.0 Å². The SMILES string of the molecule is Cc1ccc2oc3c(c(=O)c2c1)C(c1ccc(Cl)cc1)N(c1ncccn1)C3=O. The van der Waals surface area contributed by atoms with Crippen LogP contribution in [0, 0.1) is 6.92 Å². The van der Waals surface area contributed by atoms with Gasteiger partial charge in [0, 0.05) is 17.4 Å². The van der Waals surface area contributed by atoms with Crippen molar-refractivity contribution in [3.63, 3.8) is 0 Å². The molecule has 2 aromatic heterocycles. The number of hydrogen-bond donors (Lipinski definition) is 0. The number of carbonyl (C=O) groups excluding carboxylic acids is 1. The minimum Gasteiger partial charge on any atom is -0.450 e. The highest BCUT2D eigenvalue weighted by Crippen LogP contribution is 2.40. The lowest BCUT2D eigenvalue weighted by Crippen LogP contribution is -2.31. The van der Waals surface area contributed by atoms with Gasteiger partial charge in [0.25, 0.3) is 5.91 Å². The third-order valence-electron chi connectivity index (χ3n) is 4.98. The Kier molecular flexibility index (Phi) is 3.96. The third kappa shape index (κ3) is 2.72. The Hall–Kier alpha value is -3.51. The largest absolute Gasteiger partial charge is 0.450 e. The summed E-state index contributed by atoms with van der Waals surface area (Å²) in [5, 5.41) is 0.994. The van der Waals surface area contributed by atoms with E-state index in [-0.39, 0.29) is 22.7 Å². The van der Waals surface area contributed by atoms with Crippen LogP contribution in [0.1, 0.15) is 33.3 Å². The number of carbonyl (C=O) groups is 1. The van der Waals surface area contributed by atoms with Gasteiger partial charge in [-0.1, -0.05) is 35.4 Å². The molecule has 0 fully saturated rings. The molecule has 0 N–H and O–H groups in total. The number of amides is 1. The average Bonchev–Trinajstić information content (AvgIpc) is 3.03. The van der Waals surface area contributed by atoms with Gasteiger partial charge in [-0.15, -0.1) is 0 Å². The summed E-state index contributed by atoms with van der Waals surface area (Å²) in [5.74, 6) is -0.243. The molecule has 0 spiro atoms. The standard InChI is InChI=1S/C22H14ClN3O3/c1-12-3-8-16-15(11-12)19(27)17-18(13-4-6-14(23)7-5-13)26(21(28)20(17)29-16)22-24-9-2-10-25-22/h2-11,18H,1H3. The van der Waals surface area contributed by atoms with E-state index in [2.05, 4.69) is 9.97 Å². The number of anilines is 1. The summed E-state index contributed by atoms with van der Waals surface area (Å²) in [4.78, 5) is 36.6. The van der Waals surface area contributed by atoms with Crippen LogP contribution in [0.4, 0.5) is 5.95 Å². The zero-order valence-electron chi connectivity index (χ0n) is 15.3. The van der Waals surface area contributed by atoms with E-state index >= 15 is 0 Å². The van der Waals surface area contributed by atoms with E-state index in [9.17, 15) is 9.59 Å². The Bertz CT molecular complexity index is 1320. The Balaban J connectivity index is 1.83. The average molecular weight is 404 g/mol. The lowest BCUT2D eigenvalue weighted by Gasteiger charge is -2.23. The summed E-state index contributed by atoms with van der Waals surface area (Å²) in [6, 6.07) is 13.3. The predicted octanol–water partition coefficient (Wildman–Crippen LogP) is 4.29. The number of fused-ring (bicyclic) bond motifs is 2. The van der Waals surface area contributed by atoms with E-state index in [4.69, 9.17) is 16.0 Å². The van der Waals surface area contributed by atoms with Crippen molar-refractivity contribution in [2.45, 2.75) is 13.0 Å². The molecule has 142 valence electrons. The molecule has 3 heterocycles. The van der Waals surface area contributed by atoms with Crippen molar-refractivity contribution in [2.24, 2.45) is 0 Å². The maximum atomic E-state index is 13.4. The second-order valence-electron chi connectivity index (χ2n) is 6.85. The molecule has 1 aliphatic rings. The first-order valence-electron chi connectivity index (χ1n) is 8.98. The number of halogens is 1. The van der Waals surface area contributed by atoms with Gasteiger partial charge in [0.15, 0.2) is 5.43 Å². The topological polar surface area (TPSA) is 76.3 Å². The molecule has 0 bridgehead atoms. The van der Waals surface area contributed by atoms with Crippen molar-refractivity contribution in [1.82, 2.24) is 9.97 Å². The van der Waals surface area contributed by atoms with Gasteiger partial charge in [-0.2, -0.15) is 0 Å². The highest BCUT2D eigenvalue weighted by Gasteiger charge is 2.44. The summed E-state index contributed by atoms with van der Waals surface area (Å²) >= 11 is 6.04. The monoisotopic (exact) mass is 403 g/mol. The van der Waals surface area contributed by atoms with Crippen LogP contribution in [0.15, 0.2) is 70.1 Å². The van der Waals surface area contributed by atoms with Crippen molar-refractivity contribution < 1.29 is 9.21 Å². The second-order valence-corrected chi connectivity index (χ2v) is 7.29. The molecule has 29 heavy (non-hydrogen) atoms. The van der Waals surface area contributed by atoms with E-state index in [0.717, 1.165) is 5.56 Å². The maximum Gasteiger partial charge on any atom is 0.297 e. The van der Waals surface area contributed by atoms with Gasteiger partial charge in [0.05, 0.1) is 17.0 Å². The molecule has 1 unspecified atom stereocenters. The Morgan fingerprint density at radius 3 is 2.48 bits per heavy atom. The first-order chi connectivity index (χ1) is 14.0. The van der Waals surface area contributed by atoms with Gasteiger partial charge in [0.1, 0.15) is 5.58 Å². The molecule has 4 aromatic rings. The molecule has 1 atom stereocenters. The summed E-state index contributed by atoms with van der Waals surface area (Å²) in [5.41, 5.74) is 2.06. The number of benzene rings is 2. The maximum absolute atomic E-state index is 13.4. The molecular formula is C22H14ClN3O3. The van der Waals surface area contributed by atoms with Crippen LogP contribution in [-0.4, -0.2) is 15.9 Å². The number of aromatic nitrogens is 2. The van der Waals surface area contributed by atoms with Gasteiger partial charge >= 0.3 is 0 Å². The van der Waals surface area contributed by atoms with Crippen LogP contribution in [0.2, 0.25) is 5.02 Å². The number of hydrogen-bond acceptors (Lipinski definition) is 5. The fourth-order valence-corrected chi connectivity index (χ4v) is 3.80. The van der Waals surface area contributed by atoms with Crippen LogP contribution in [0.5, 0.6) is 0 Å². The second kappa shape index (κ2) is 6.53. The molecular weight excluding hydrogens is 390 g/mol. The van der Waals surface area contributed by atoms with Crippen molar-refractivity contribution in [3.05, 3.63) is 98.6 Å². The van der Waals surface area contributed by atoms with E-state index in [1.165, 1.54) is 4.90 Å². The lowest BCUT2D eigenvalue weighted by molar-refractivity contribution is 0.0969. The van der Waals surface area contributed by atoms with Crippen LogP contribution < -0.4 is 10.3 Å². The zero-order valence-corrected chi connectivity index (χ0v) is 16.1. The summed E-state index contributed by atoms with van der Waals surface area (Å²) in [6.07, 6.45) is 3.10. The first kappa shape index (κ1) is 17.6. The molecule has 1 aliphatic heterocycles. The molecule has 0 saturated carbocycles. The molecule has 2 aromatic carbocycles. The van der Waals surface area contributed by atoms with E-state index in [0.29, 0.717) is 21.6 Å². The number of rotatable bonds is 2. The van der Waals surface area contributed by atoms with Crippen molar-refractivity contribution >= 4 is 34.4 Å². The predicted molar refractivity (Wildman–Crippen MR) is 109 cm³/mol. The fourth-order valence-electron chi connectivity index (χ4n) is 3.67. The van der Waals surface area contributed by atoms with E-state index in [1.54, 1.807) is 54.9 Å². The van der Waals surface area contributed by atoms with Crippen molar-refractivity contribution in [2.75, 3.05) is 4.90 Å². The molecule has 0 aliphatic carbocycles. The minimum absolute atomic E-state index is 0.0127. The molecule has 0 radical (unpaired) electrons. The zero-order chi connectivity index (χ0) is 20.1. The molecule has 0 saturated heterocycles. The van der Waals surface area contributed by atoms with Gasteiger partial charge in [-0.25, -0.2) is 9.97 Å². The number of aryl methyl sites for hydroxylation is 1. The Morgan fingerprint density at radius 1 is 1.03 bits per heavy atom. The lowest BCUT2D eigenvalue weighted by atomic mass is 9.98. The summed E-state index contributed by atoms with van der Waals surface area (Å²) in [6.45, 7) is 1.90. The molecule has 6 nitrogen and oxygen atoms in total. The van der Waals surface area contributed by atoms with E-state index < -0.39 is 11.9 Å². The number of nitrogens with zero attached hydrogens (tertiary/aromatic N) is 3. The van der Waals surface area contributed by atoms with Gasteiger partial charge in [0.2, 0.25) is 11.7 Å². The third-order valence-corrected chi connectivity index (χ3v) is 5.23. The van der Waals surface area contributed by atoms with Gasteiger partial charge in [-0.05, 0) is 42.8 Å². The Labute approximate surface area is 170 Å². The Morgan fingerprint density at radius 2 is 1.76 bits per heavy atom. The highest BCUT2D eigenvalue weighted by molar-refractivity contribution is 6.30. The minimum atomic E-state index is -0.710. The van der Waals surface area contributed by atoms with Crippen LogP contribution in [-0.2, 0) is 0 Å². The van der Waals surface area contributed by atoms with Gasteiger partial charge < -0.3 is 4.42 Å². The quantitative estimate of drug-likeness (QED) is 0.499. The normalized spacial score (nSPS) is 15.7. The van der Waals surface area contributed by atoms with Gasteiger partial charge in [-0.3, -0.25) is 14.5 Å². The van der Waals surface area contributed by atoms with E-state index in [1.807, 2.05) is 13.0 Å². The molecule has 7 heteroatoms.